The third kappa shape index (κ3) is 5.83. The van der Waals surface area contributed by atoms with Crippen molar-refractivity contribution < 1.29 is 52.1 Å². The van der Waals surface area contributed by atoms with Gasteiger partial charge in [0.1, 0.15) is 17.1 Å². The van der Waals surface area contributed by atoms with Gasteiger partial charge in [-0.2, -0.15) is 9.36 Å². The van der Waals surface area contributed by atoms with Gasteiger partial charge < -0.3 is 44.7 Å². The number of aliphatic carboxylic acids is 1. The highest BCUT2D eigenvalue weighted by Crippen LogP contribution is 2.37. The van der Waals surface area contributed by atoms with Crippen LogP contribution < -0.4 is 16.9 Å². The average Bonchev–Trinajstić information content (AvgIpc) is 3.83. The summed E-state index contributed by atoms with van der Waals surface area (Å²) in [7, 11) is -1.91. The monoisotopic (exact) mass is 706 g/mol. The van der Waals surface area contributed by atoms with Gasteiger partial charge in [0.05, 0.1) is 22.6 Å². The number of nitrogens with one attached hydrogen (secondary N) is 1. The van der Waals surface area contributed by atoms with Gasteiger partial charge in [0.15, 0.2) is 23.3 Å². The van der Waals surface area contributed by atoms with Crippen LogP contribution in [0.3, 0.4) is 0 Å². The number of hydrogen-bond acceptors (Lipinski definition) is 16. The number of β-lactam (4-membered cyclic amide) rings is 1. The predicted octanol–water partition coefficient (Wildman–Crippen LogP) is -1.52. The first-order valence-electron chi connectivity index (χ1n) is 14.2. The van der Waals surface area contributed by atoms with E-state index in [1.807, 2.05) is 0 Å². The zero-order valence-corrected chi connectivity index (χ0v) is 26.4. The molecule has 0 bridgehead atoms. The molecule has 0 radical (unpaired) electrons. The van der Waals surface area contributed by atoms with Gasteiger partial charge in [0.25, 0.3) is 11.8 Å². The number of rotatable bonds is 8. The second kappa shape index (κ2) is 12.7. The van der Waals surface area contributed by atoms with Crippen LogP contribution in [0.15, 0.2) is 41.7 Å². The molecule has 0 aliphatic carbocycles. The molecule has 3 saturated heterocycles. The van der Waals surface area contributed by atoms with E-state index in [9.17, 15) is 43.3 Å². The molecule has 254 valence electrons. The Labute approximate surface area is 275 Å². The van der Waals surface area contributed by atoms with Gasteiger partial charge in [0, 0.05) is 36.7 Å². The molecular weight excluding hydrogens is 680 g/mol. The standard InChI is InChI=1S/C26H26N8O12S2/c1-10-14(46-26(41)45-10)8-44-25(40)32-4-3-13(7-32)33-5-2-11(20(33)36)6-12-9-48(43)22-16(21(37)34(22)17(12)23(38)39)28-19(35)15(30-42)18-29-24(27)47-31-18/h6,13,16,22,42H,2-5,7-9H2,1H3,(H,28,35)(H,38,39)(H2,27,29,31)/b11-6+,30-15-/t13-,16-,22-,48+/m1/s1. The number of likely N-dealkylation sites (tertiary alicyclic amines) is 2. The summed E-state index contributed by atoms with van der Waals surface area (Å²) in [4.78, 5) is 82.9. The highest BCUT2D eigenvalue weighted by Gasteiger charge is 2.57. The summed E-state index contributed by atoms with van der Waals surface area (Å²) in [6.07, 6.45) is 1.34. The van der Waals surface area contributed by atoms with E-state index in [2.05, 4.69) is 19.8 Å². The number of nitrogens with zero attached hydrogens (tertiary/aromatic N) is 6. The number of aromatic nitrogens is 2. The number of anilines is 1. The number of nitrogens with two attached hydrogens (primary N) is 1. The van der Waals surface area contributed by atoms with E-state index in [0.29, 0.717) is 13.0 Å². The molecule has 0 saturated carbocycles. The second-order valence-electron chi connectivity index (χ2n) is 11.0. The fourth-order valence-electron chi connectivity index (χ4n) is 5.86. The molecule has 2 aromatic heterocycles. The normalized spacial score (nSPS) is 25.1. The molecule has 4 aliphatic heterocycles. The van der Waals surface area contributed by atoms with Crippen molar-refractivity contribution in [2.24, 2.45) is 5.16 Å². The lowest BCUT2D eigenvalue weighted by molar-refractivity contribution is -0.150. The quantitative estimate of drug-likeness (QED) is 0.0797. The molecule has 2 aromatic rings. The number of allylic oxidation sites excluding steroid dienone is 1. The number of oxime groups is 1. The van der Waals surface area contributed by atoms with Gasteiger partial charge in [-0.15, -0.1) is 0 Å². The Kier molecular flexibility index (Phi) is 8.59. The summed E-state index contributed by atoms with van der Waals surface area (Å²) in [6, 6.07) is -1.76. The molecule has 20 nitrogen and oxygen atoms in total. The molecular formula is C26H26N8O12S2. The summed E-state index contributed by atoms with van der Waals surface area (Å²) >= 11 is 0.733. The molecule has 6 heterocycles. The maximum absolute atomic E-state index is 13.4. The van der Waals surface area contributed by atoms with Crippen molar-refractivity contribution in [1.29, 1.82) is 0 Å². The predicted molar refractivity (Wildman–Crippen MR) is 159 cm³/mol. The lowest BCUT2D eigenvalue weighted by Crippen LogP contribution is -2.74. The number of aryl methyl sites for hydroxylation is 1. The number of carboxylic acids is 1. The summed E-state index contributed by atoms with van der Waals surface area (Å²) in [5.41, 5.74) is 4.61. The lowest BCUT2D eigenvalue weighted by Gasteiger charge is -2.48. The molecule has 4 atom stereocenters. The molecule has 3 fully saturated rings. The van der Waals surface area contributed by atoms with Crippen LogP contribution in [0.5, 0.6) is 0 Å². The van der Waals surface area contributed by atoms with Crippen molar-refractivity contribution in [1.82, 2.24) is 29.4 Å². The minimum Gasteiger partial charge on any atom is -0.477 e. The minimum absolute atomic E-state index is 0.00187. The first-order chi connectivity index (χ1) is 22.9. The topological polar surface area (TPSA) is 281 Å². The molecule has 48 heavy (non-hydrogen) atoms. The van der Waals surface area contributed by atoms with E-state index in [0.717, 1.165) is 16.4 Å². The molecule has 4 amide bonds. The van der Waals surface area contributed by atoms with Crippen LogP contribution in [0.1, 0.15) is 30.2 Å². The molecule has 4 aliphatic rings. The second-order valence-corrected chi connectivity index (χ2v) is 13.3. The molecule has 0 spiro atoms. The Bertz CT molecular complexity index is 1910. The number of nitrogen functional groups attached to an aromatic ring is 1. The SMILES string of the molecule is Cc1oc(=O)oc1COC(=O)N1CC[C@@H](N2CC/C(=C\C3=C(C(=O)O)N4C(=O)[C@@H](NC(=O)/C(=N\O)c5nsc(N)n5)[C@H]4[S@@](=O)C3)C2=O)C1. The Morgan fingerprint density at radius 2 is 2.02 bits per heavy atom. The number of carboxylic acid groups (broad SMARTS) is 1. The molecule has 0 aromatic carbocycles. The molecule has 0 unspecified atom stereocenters. The Morgan fingerprint density at radius 1 is 1.25 bits per heavy atom. The van der Waals surface area contributed by atoms with E-state index in [4.69, 9.17) is 19.3 Å². The van der Waals surface area contributed by atoms with Gasteiger partial charge in [-0.3, -0.25) is 23.5 Å². The molecule has 6 rings (SSSR count). The first-order valence-corrected chi connectivity index (χ1v) is 16.3. The van der Waals surface area contributed by atoms with E-state index in [1.54, 1.807) is 4.90 Å². The van der Waals surface area contributed by atoms with Crippen LogP contribution in [0.25, 0.3) is 0 Å². The summed E-state index contributed by atoms with van der Waals surface area (Å²) < 4.78 is 31.9. The summed E-state index contributed by atoms with van der Waals surface area (Å²) in [5, 5.41) is 23.3. The fourth-order valence-corrected chi connectivity index (χ4v) is 7.93. The highest BCUT2D eigenvalue weighted by molar-refractivity contribution is 7.86. The third-order valence-corrected chi connectivity index (χ3v) is 10.3. The van der Waals surface area contributed by atoms with Gasteiger partial charge in [-0.05, 0) is 31.4 Å². The van der Waals surface area contributed by atoms with Crippen molar-refractivity contribution in [2.45, 2.75) is 43.8 Å². The van der Waals surface area contributed by atoms with Crippen molar-refractivity contribution in [3.8, 4) is 0 Å². The number of carbonyl (C=O) groups excluding carboxylic acids is 4. The van der Waals surface area contributed by atoms with E-state index < -0.39 is 69.2 Å². The fraction of sp³-hybridized carbons (Fsp3) is 0.423. The van der Waals surface area contributed by atoms with Crippen molar-refractivity contribution in [3.63, 3.8) is 0 Å². The van der Waals surface area contributed by atoms with Crippen LogP contribution in [-0.4, -0.2) is 117 Å². The number of ether oxygens (including phenoxy) is 1. The number of carbonyl (C=O) groups is 5. The average molecular weight is 707 g/mol. The first kappa shape index (κ1) is 32.6. The van der Waals surface area contributed by atoms with Crippen molar-refractivity contribution >= 4 is 63.0 Å². The zero-order chi connectivity index (χ0) is 34.4. The van der Waals surface area contributed by atoms with E-state index in [-0.39, 0.29) is 71.5 Å². The summed E-state index contributed by atoms with van der Waals surface area (Å²) in [5.74, 6) is -5.12. The van der Waals surface area contributed by atoms with Gasteiger partial charge in [-0.1, -0.05) is 5.16 Å². The number of fused-ring (bicyclic) bond motifs is 1. The number of amides is 4. The largest absolute Gasteiger partial charge is 0.519 e. The number of hydrogen-bond donors (Lipinski definition) is 4. The minimum atomic E-state index is -1.91. The lowest BCUT2D eigenvalue weighted by atomic mass is 10.0. The van der Waals surface area contributed by atoms with Crippen LogP contribution in [0.2, 0.25) is 0 Å². The Morgan fingerprint density at radius 3 is 2.67 bits per heavy atom. The van der Waals surface area contributed by atoms with Crippen LogP contribution in [0.4, 0.5) is 9.93 Å². The maximum Gasteiger partial charge on any atom is 0.519 e. The summed E-state index contributed by atoms with van der Waals surface area (Å²) in [6.45, 7) is 1.94. The van der Waals surface area contributed by atoms with Crippen molar-refractivity contribution in [3.05, 3.63) is 50.9 Å². The Balaban J connectivity index is 1.12. The van der Waals surface area contributed by atoms with Crippen LogP contribution in [0, 0.1) is 6.92 Å². The molecule has 22 heteroatoms. The maximum atomic E-state index is 13.4. The van der Waals surface area contributed by atoms with Gasteiger partial charge in [-0.25, -0.2) is 14.4 Å². The van der Waals surface area contributed by atoms with Crippen LogP contribution >= 0.6 is 11.5 Å². The molecule has 5 N–H and O–H groups in total. The zero-order valence-electron chi connectivity index (χ0n) is 24.8. The van der Waals surface area contributed by atoms with Crippen molar-refractivity contribution in [2.75, 3.05) is 31.1 Å². The van der Waals surface area contributed by atoms with Gasteiger partial charge >= 0.3 is 17.9 Å². The van der Waals surface area contributed by atoms with E-state index in [1.165, 1.54) is 17.9 Å². The highest BCUT2D eigenvalue weighted by atomic mass is 32.2. The Hall–Kier alpha value is -5.38. The third-order valence-electron chi connectivity index (χ3n) is 8.14. The smallest absolute Gasteiger partial charge is 0.477 e. The van der Waals surface area contributed by atoms with Crippen LogP contribution in [-0.2, 0) is 41.3 Å². The van der Waals surface area contributed by atoms with Gasteiger partial charge in [0.2, 0.25) is 17.4 Å². The van der Waals surface area contributed by atoms with E-state index >= 15 is 0 Å².